The van der Waals surface area contributed by atoms with Crippen LogP contribution in [0.25, 0.3) is 0 Å². The van der Waals surface area contributed by atoms with Gasteiger partial charge in [-0.15, -0.1) is 0 Å². The molecule has 2 unspecified atom stereocenters. The van der Waals surface area contributed by atoms with E-state index in [9.17, 15) is 0 Å². The fraction of sp³-hybridized carbons (Fsp3) is 0.647. The summed E-state index contributed by atoms with van der Waals surface area (Å²) in [5.74, 6) is 0. The second-order valence-corrected chi connectivity index (χ2v) is 6.88. The van der Waals surface area contributed by atoms with Crippen LogP contribution in [0.1, 0.15) is 51.1 Å². The average molecular weight is 339 g/mol. The molecule has 112 valence electrons. The standard InChI is InChI=1S/C17H27BrN2/c1-14-7-3-4-11-20(14)12-6-10-19-15(2)16-8-5-9-17(18)13-16/h5,8-9,13-15,19H,3-4,6-7,10-12H2,1-2H3. The quantitative estimate of drug-likeness (QED) is 0.775. The molecule has 1 aromatic carbocycles. The molecular formula is C17H27BrN2. The van der Waals surface area contributed by atoms with E-state index in [1.807, 2.05) is 0 Å². The molecule has 1 saturated heterocycles. The van der Waals surface area contributed by atoms with E-state index in [0.29, 0.717) is 6.04 Å². The first-order chi connectivity index (χ1) is 9.66. The molecule has 0 amide bonds. The number of likely N-dealkylation sites (tertiary alicyclic amines) is 1. The molecule has 2 nitrogen and oxygen atoms in total. The van der Waals surface area contributed by atoms with Crippen LogP contribution in [0.4, 0.5) is 0 Å². The first-order valence-electron chi connectivity index (χ1n) is 7.89. The fourth-order valence-electron chi connectivity index (χ4n) is 2.98. The van der Waals surface area contributed by atoms with Gasteiger partial charge >= 0.3 is 0 Å². The van der Waals surface area contributed by atoms with Crippen LogP contribution in [0.2, 0.25) is 0 Å². The van der Waals surface area contributed by atoms with Gasteiger partial charge in [0.1, 0.15) is 0 Å². The van der Waals surface area contributed by atoms with Crippen LogP contribution in [-0.2, 0) is 0 Å². The highest BCUT2D eigenvalue weighted by atomic mass is 79.9. The zero-order valence-electron chi connectivity index (χ0n) is 12.7. The second-order valence-electron chi connectivity index (χ2n) is 5.97. The van der Waals surface area contributed by atoms with Crippen molar-refractivity contribution in [1.29, 1.82) is 0 Å². The van der Waals surface area contributed by atoms with Gasteiger partial charge < -0.3 is 10.2 Å². The van der Waals surface area contributed by atoms with Crippen molar-refractivity contribution in [2.75, 3.05) is 19.6 Å². The van der Waals surface area contributed by atoms with E-state index in [-0.39, 0.29) is 0 Å². The third kappa shape index (κ3) is 4.87. The molecule has 0 aliphatic carbocycles. The minimum atomic E-state index is 0.422. The summed E-state index contributed by atoms with van der Waals surface area (Å²) in [6.45, 7) is 8.24. The van der Waals surface area contributed by atoms with Crippen molar-refractivity contribution < 1.29 is 0 Å². The predicted octanol–water partition coefficient (Wildman–Crippen LogP) is 4.36. The highest BCUT2D eigenvalue weighted by Crippen LogP contribution is 2.18. The Hall–Kier alpha value is -0.380. The molecule has 2 rings (SSSR count). The van der Waals surface area contributed by atoms with Crippen molar-refractivity contribution in [2.24, 2.45) is 0 Å². The largest absolute Gasteiger partial charge is 0.310 e. The number of piperidine rings is 1. The number of halogens is 1. The van der Waals surface area contributed by atoms with Gasteiger partial charge in [0.2, 0.25) is 0 Å². The number of rotatable bonds is 6. The van der Waals surface area contributed by atoms with E-state index >= 15 is 0 Å². The van der Waals surface area contributed by atoms with Crippen molar-refractivity contribution in [1.82, 2.24) is 10.2 Å². The Morgan fingerprint density at radius 1 is 1.40 bits per heavy atom. The van der Waals surface area contributed by atoms with Gasteiger partial charge in [-0.25, -0.2) is 0 Å². The summed E-state index contributed by atoms with van der Waals surface area (Å²) in [7, 11) is 0. The molecule has 0 aromatic heterocycles. The van der Waals surface area contributed by atoms with E-state index in [1.54, 1.807) is 0 Å². The summed E-state index contributed by atoms with van der Waals surface area (Å²) in [5.41, 5.74) is 1.35. The summed E-state index contributed by atoms with van der Waals surface area (Å²) in [6.07, 6.45) is 5.41. The normalized spacial score (nSPS) is 21.9. The Bertz CT molecular complexity index is 408. The van der Waals surface area contributed by atoms with Gasteiger partial charge in [0.15, 0.2) is 0 Å². The molecule has 1 N–H and O–H groups in total. The zero-order chi connectivity index (χ0) is 14.4. The molecule has 1 heterocycles. The smallest absolute Gasteiger partial charge is 0.0292 e. The predicted molar refractivity (Wildman–Crippen MR) is 90.1 cm³/mol. The highest BCUT2D eigenvalue weighted by molar-refractivity contribution is 9.10. The van der Waals surface area contributed by atoms with Crippen LogP contribution in [0.15, 0.2) is 28.7 Å². The van der Waals surface area contributed by atoms with Gasteiger partial charge in [0.25, 0.3) is 0 Å². The summed E-state index contributed by atoms with van der Waals surface area (Å²) >= 11 is 3.54. The molecule has 1 aromatic rings. The minimum absolute atomic E-state index is 0.422. The molecule has 20 heavy (non-hydrogen) atoms. The molecular weight excluding hydrogens is 312 g/mol. The summed E-state index contributed by atoms with van der Waals surface area (Å²) in [6, 6.07) is 9.78. The lowest BCUT2D eigenvalue weighted by Gasteiger charge is -2.33. The molecule has 0 bridgehead atoms. The molecule has 2 atom stereocenters. The average Bonchev–Trinajstić information content (AvgIpc) is 2.45. The Labute approximate surface area is 132 Å². The maximum atomic E-state index is 3.63. The number of nitrogens with zero attached hydrogens (tertiary/aromatic N) is 1. The first-order valence-corrected chi connectivity index (χ1v) is 8.69. The van der Waals surface area contributed by atoms with Gasteiger partial charge in [-0.3, -0.25) is 0 Å². The number of hydrogen-bond acceptors (Lipinski definition) is 2. The lowest BCUT2D eigenvalue weighted by Crippen LogP contribution is -2.39. The molecule has 0 saturated carbocycles. The summed E-state index contributed by atoms with van der Waals surface area (Å²) < 4.78 is 1.16. The van der Waals surface area contributed by atoms with Crippen LogP contribution in [0.5, 0.6) is 0 Å². The Balaban J connectivity index is 1.67. The molecule has 1 fully saturated rings. The lowest BCUT2D eigenvalue weighted by molar-refractivity contribution is 0.158. The number of nitrogens with one attached hydrogen (secondary N) is 1. The second kappa shape index (κ2) is 8.16. The van der Waals surface area contributed by atoms with Crippen LogP contribution in [0, 0.1) is 0 Å². The molecule has 0 radical (unpaired) electrons. The maximum absolute atomic E-state index is 3.63. The molecule has 3 heteroatoms. The van der Waals surface area contributed by atoms with Crippen LogP contribution < -0.4 is 5.32 Å². The van der Waals surface area contributed by atoms with Crippen LogP contribution in [-0.4, -0.2) is 30.6 Å². The molecule has 0 spiro atoms. The molecule has 1 aliphatic heterocycles. The third-order valence-electron chi connectivity index (χ3n) is 4.36. The van der Waals surface area contributed by atoms with Crippen molar-refractivity contribution in [3.05, 3.63) is 34.3 Å². The van der Waals surface area contributed by atoms with E-state index in [2.05, 4.69) is 64.3 Å². The number of benzene rings is 1. The van der Waals surface area contributed by atoms with E-state index in [4.69, 9.17) is 0 Å². The van der Waals surface area contributed by atoms with Crippen molar-refractivity contribution >= 4 is 15.9 Å². The van der Waals surface area contributed by atoms with Crippen molar-refractivity contribution in [2.45, 2.75) is 51.6 Å². The zero-order valence-corrected chi connectivity index (χ0v) is 14.3. The summed E-state index contributed by atoms with van der Waals surface area (Å²) in [4.78, 5) is 2.65. The van der Waals surface area contributed by atoms with Crippen LogP contribution >= 0.6 is 15.9 Å². The molecule has 1 aliphatic rings. The van der Waals surface area contributed by atoms with E-state index < -0.39 is 0 Å². The first kappa shape index (κ1) is 16.0. The van der Waals surface area contributed by atoms with Gasteiger partial charge in [-0.05, 0) is 70.4 Å². The highest BCUT2D eigenvalue weighted by Gasteiger charge is 2.17. The van der Waals surface area contributed by atoms with Gasteiger partial charge in [0, 0.05) is 16.6 Å². The summed E-state index contributed by atoms with van der Waals surface area (Å²) in [5, 5.41) is 3.63. The van der Waals surface area contributed by atoms with Gasteiger partial charge in [-0.1, -0.05) is 34.5 Å². The van der Waals surface area contributed by atoms with Crippen molar-refractivity contribution in [3.8, 4) is 0 Å². The van der Waals surface area contributed by atoms with Crippen LogP contribution in [0.3, 0.4) is 0 Å². The minimum Gasteiger partial charge on any atom is -0.310 e. The Kier molecular flexibility index (Phi) is 6.53. The van der Waals surface area contributed by atoms with E-state index in [1.165, 1.54) is 44.3 Å². The van der Waals surface area contributed by atoms with Gasteiger partial charge in [-0.2, -0.15) is 0 Å². The SMILES string of the molecule is CC(NCCCN1CCCCC1C)c1cccc(Br)c1. The number of hydrogen-bond donors (Lipinski definition) is 1. The maximum Gasteiger partial charge on any atom is 0.0292 e. The Morgan fingerprint density at radius 3 is 3.00 bits per heavy atom. The monoisotopic (exact) mass is 338 g/mol. The Morgan fingerprint density at radius 2 is 2.25 bits per heavy atom. The van der Waals surface area contributed by atoms with Gasteiger partial charge in [0.05, 0.1) is 0 Å². The topological polar surface area (TPSA) is 15.3 Å². The third-order valence-corrected chi connectivity index (χ3v) is 4.86. The lowest BCUT2D eigenvalue weighted by atomic mass is 10.0. The van der Waals surface area contributed by atoms with E-state index in [0.717, 1.165) is 17.1 Å². The van der Waals surface area contributed by atoms with Crippen molar-refractivity contribution in [3.63, 3.8) is 0 Å². The fourth-order valence-corrected chi connectivity index (χ4v) is 3.40.